The van der Waals surface area contributed by atoms with Gasteiger partial charge in [0.05, 0.1) is 17.9 Å². The molecule has 0 aliphatic heterocycles. The van der Waals surface area contributed by atoms with E-state index in [2.05, 4.69) is 115 Å². The van der Waals surface area contributed by atoms with E-state index in [1.807, 2.05) is 92.7 Å². The molecular weight excluding hydrogens is 1270 g/mol. The highest BCUT2D eigenvalue weighted by molar-refractivity contribution is 5.85. The second-order valence-electron chi connectivity index (χ2n) is 30.1. The maximum Gasteiger partial charge on any atom is 0.344 e. The lowest BCUT2D eigenvalue weighted by Gasteiger charge is -2.33. The molecule has 6 aromatic carbocycles. The van der Waals surface area contributed by atoms with Gasteiger partial charge in [0.25, 0.3) is 0 Å². The molecule has 0 saturated heterocycles. The lowest BCUT2D eigenvalue weighted by molar-refractivity contribution is -0.152. The number of rotatable bonds is 34. The van der Waals surface area contributed by atoms with E-state index in [4.69, 9.17) is 28.4 Å². The molecule has 0 radical (unpaired) electrons. The maximum absolute atomic E-state index is 13.4. The number of esters is 4. The van der Waals surface area contributed by atoms with Crippen molar-refractivity contribution in [3.05, 3.63) is 201 Å². The summed E-state index contributed by atoms with van der Waals surface area (Å²) in [5.74, 6) is 4.47. The third kappa shape index (κ3) is 23.6. The Bertz CT molecular complexity index is 3200. The number of halogens is 1. The number of carbonyl (C=O) groups excluding carboxylic acids is 4. The van der Waals surface area contributed by atoms with Crippen LogP contribution in [0.15, 0.2) is 146 Å². The predicted molar refractivity (Wildman–Crippen MR) is 404 cm³/mol. The third-order valence-corrected chi connectivity index (χ3v) is 21.7. The van der Waals surface area contributed by atoms with Crippen molar-refractivity contribution >= 4 is 36.3 Å². The van der Waals surface area contributed by atoms with E-state index in [0.717, 1.165) is 161 Å². The van der Waals surface area contributed by atoms with Gasteiger partial charge >= 0.3 is 23.9 Å². The van der Waals surface area contributed by atoms with Crippen molar-refractivity contribution in [1.82, 2.24) is 0 Å². The summed E-state index contributed by atoms with van der Waals surface area (Å²) >= 11 is 0. The van der Waals surface area contributed by atoms with Crippen molar-refractivity contribution in [1.29, 1.82) is 0 Å². The van der Waals surface area contributed by atoms with E-state index in [9.17, 15) is 24.3 Å². The molecule has 2 fully saturated rings. The lowest BCUT2D eigenvalue weighted by Crippen LogP contribution is -2.29. The van der Waals surface area contributed by atoms with Crippen LogP contribution in [0.4, 0.5) is 0 Å². The molecular formula is C88H119ClO11. The van der Waals surface area contributed by atoms with Crippen LogP contribution < -0.4 is 9.47 Å². The molecule has 544 valence electrons. The largest absolute Gasteiger partial charge is 0.482 e. The van der Waals surface area contributed by atoms with E-state index in [-0.39, 0.29) is 100 Å². The molecule has 1 N–H and O–H groups in total. The average molecular weight is 1390 g/mol. The Labute approximate surface area is 606 Å². The molecule has 4 aliphatic rings. The summed E-state index contributed by atoms with van der Waals surface area (Å²) in [6.45, 7) is 19.9. The van der Waals surface area contributed by atoms with Crippen molar-refractivity contribution in [2.45, 2.75) is 242 Å². The zero-order chi connectivity index (χ0) is 69.5. The van der Waals surface area contributed by atoms with Gasteiger partial charge in [0, 0.05) is 0 Å². The van der Waals surface area contributed by atoms with Gasteiger partial charge in [0.2, 0.25) is 0 Å². The number of carbonyl (C=O) groups is 4. The number of aliphatic hydroxyl groups is 1. The Morgan fingerprint density at radius 2 is 0.880 bits per heavy atom. The topological polar surface area (TPSA) is 144 Å². The third-order valence-electron chi connectivity index (χ3n) is 21.7. The minimum atomic E-state index is -0.394. The first-order chi connectivity index (χ1) is 47.4. The van der Waals surface area contributed by atoms with Crippen molar-refractivity contribution in [3.8, 4) is 11.5 Å². The van der Waals surface area contributed by atoms with Gasteiger partial charge in [-0.25, -0.2) is 9.59 Å². The lowest BCUT2D eigenvalue weighted by atomic mass is 9.73. The van der Waals surface area contributed by atoms with Gasteiger partial charge < -0.3 is 33.5 Å². The number of benzene rings is 6. The molecule has 100 heavy (non-hydrogen) atoms. The summed E-state index contributed by atoms with van der Waals surface area (Å²) in [4.78, 5) is 51.8. The van der Waals surface area contributed by atoms with Gasteiger partial charge in [-0.1, -0.05) is 215 Å². The van der Waals surface area contributed by atoms with Crippen LogP contribution in [0, 0.1) is 53.3 Å². The molecule has 6 aromatic rings. The van der Waals surface area contributed by atoms with Crippen LogP contribution in [0.3, 0.4) is 0 Å². The summed E-state index contributed by atoms with van der Waals surface area (Å²) in [7, 11) is 0. The van der Waals surface area contributed by atoms with E-state index in [1.54, 1.807) is 0 Å². The molecule has 0 spiro atoms. The molecule has 0 bridgehead atoms. The van der Waals surface area contributed by atoms with Crippen LogP contribution in [0.5, 0.6) is 11.5 Å². The Morgan fingerprint density at radius 3 is 1.30 bits per heavy atom. The normalized spacial score (nSPS) is 20.6. The van der Waals surface area contributed by atoms with E-state index < -0.39 is 5.97 Å². The first kappa shape index (κ1) is 80.4. The molecule has 2 saturated carbocycles. The van der Waals surface area contributed by atoms with Gasteiger partial charge in [-0.3, -0.25) is 9.59 Å². The molecule has 12 heteroatoms. The predicted octanol–water partition coefficient (Wildman–Crippen LogP) is 19.9. The van der Waals surface area contributed by atoms with Crippen LogP contribution in [-0.2, 0) is 89.9 Å². The number of unbranched alkanes of at least 4 members (excludes halogenated alkanes) is 4. The highest BCUT2D eigenvalue weighted by Crippen LogP contribution is 2.52. The fourth-order valence-corrected chi connectivity index (χ4v) is 16.3. The van der Waals surface area contributed by atoms with Crippen LogP contribution in [0.25, 0.3) is 0 Å². The SMILES string of the molecule is C.CCCCC[C@@H](CC[C@@H]1[C@H]2Cc3cccc(OCC(=O)OCc4ccccc4)c3C[C@H]2C[C@H]1C)OC(=O)C(C)c1ccc(CC(C)C)cc1.CCCCC[C@@H](CC[C@@H]1[C@H]2Cc3cccc(OCC(=O)OCc4ccccc4)c3C[C@H]2C[C@H]1O)OC(=O)C(C)c1ccc(CC(C)C)cc1.Cl. The standard InChI is InChI=1S/C44H58O5.C43H56O6.CH4.ClH/c1-6-7-9-16-38(49-44(46)32(5)35-20-18-33(19-21-35)24-30(2)3)22-23-39-31(4)25-37-27-41-36(26-40(37)39)15-12-17-42(41)47-29-43(45)48-28-34-13-10-8-11-14-34;1-5-6-8-15-36(49-43(46)30(4)33-19-17-31(18-20-33)23-29(2)3)21-22-37-38-24-34-14-11-16-41(39(34)25-35(38)26-40(37)44)47-28-42(45)48-27-32-12-9-7-10-13-32;;/h8,10-15,17-21,30-32,37-40H,6-7,9,16,22-29H2,1-5H3;7,9-14,16-20,29-30,35-38,40,44H,5-6,8,15,21-28H2,1-4H3;1H4;1H/t31-,32?,37-,38+,39+,40+;30?,35-,36-,37+,38-,40+;;/m10../s1. The molecule has 4 aliphatic carbocycles. The number of aliphatic hydroxyl groups excluding tert-OH is 1. The quantitative estimate of drug-likeness (QED) is 0.0234. The summed E-state index contributed by atoms with van der Waals surface area (Å²) in [6, 6.07) is 48.6. The number of ether oxygens (including phenoxy) is 6. The van der Waals surface area contributed by atoms with Gasteiger partial charge in [-0.2, -0.15) is 0 Å². The van der Waals surface area contributed by atoms with E-state index in [0.29, 0.717) is 47.3 Å². The van der Waals surface area contributed by atoms with Crippen LogP contribution >= 0.6 is 12.4 Å². The average Bonchev–Trinajstić information content (AvgIpc) is 1.59. The second kappa shape index (κ2) is 40.6. The Kier molecular flexibility index (Phi) is 32.6. The van der Waals surface area contributed by atoms with E-state index in [1.165, 1.54) is 34.2 Å². The smallest absolute Gasteiger partial charge is 0.344 e. The van der Waals surface area contributed by atoms with Crippen LogP contribution in [-0.4, -0.2) is 60.5 Å². The fraction of sp³-hybridized carbons (Fsp3) is 0.545. The minimum absolute atomic E-state index is 0. The van der Waals surface area contributed by atoms with Crippen molar-refractivity contribution in [2.75, 3.05) is 13.2 Å². The summed E-state index contributed by atoms with van der Waals surface area (Å²) in [5, 5.41) is 11.3. The van der Waals surface area contributed by atoms with Crippen LogP contribution in [0.1, 0.15) is 227 Å². The first-order valence-electron chi connectivity index (χ1n) is 37.6. The second-order valence-corrected chi connectivity index (χ2v) is 30.1. The number of hydrogen-bond acceptors (Lipinski definition) is 11. The van der Waals surface area contributed by atoms with Crippen molar-refractivity contribution in [2.24, 2.45) is 53.3 Å². The summed E-state index contributed by atoms with van der Waals surface area (Å²) in [6.07, 6.45) is 19.3. The fourth-order valence-electron chi connectivity index (χ4n) is 16.3. The first-order valence-corrected chi connectivity index (χ1v) is 37.6. The zero-order valence-corrected chi connectivity index (χ0v) is 61.7. The molecule has 11 nitrogen and oxygen atoms in total. The summed E-state index contributed by atoms with van der Waals surface area (Å²) in [5.41, 5.74) is 11.5. The van der Waals surface area contributed by atoms with Crippen molar-refractivity contribution < 1.29 is 52.7 Å². The molecule has 2 unspecified atom stereocenters. The maximum atomic E-state index is 13.4. The highest BCUT2D eigenvalue weighted by Gasteiger charge is 2.46. The molecule has 10 rings (SSSR count). The Hall–Kier alpha value is -6.95. The molecule has 0 heterocycles. The molecule has 12 atom stereocenters. The number of hydrogen-bond donors (Lipinski definition) is 1. The van der Waals surface area contributed by atoms with Gasteiger partial charge in [0.1, 0.15) is 36.9 Å². The highest BCUT2D eigenvalue weighted by atomic mass is 35.5. The molecule has 0 amide bonds. The Morgan fingerprint density at radius 1 is 0.470 bits per heavy atom. The van der Waals surface area contributed by atoms with E-state index >= 15 is 0 Å². The molecule has 0 aromatic heterocycles. The monoisotopic (exact) mass is 1390 g/mol. The number of fused-ring (bicyclic) bond motifs is 4. The van der Waals surface area contributed by atoms with Crippen LogP contribution in [0.2, 0.25) is 0 Å². The summed E-state index contributed by atoms with van der Waals surface area (Å²) < 4.78 is 35.5. The van der Waals surface area contributed by atoms with Gasteiger partial charge in [-0.15, -0.1) is 12.4 Å². The van der Waals surface area contributed by atoms with Gasteiger partial charge in [0.15, 0.2) is 13.2 Å². The van der Waals surface area contributed by atoms with Crippen molar-refractivity contribution in [3.63, 3.8) is 0 Å². The zero-order valence-electron chi connectivity index (χ0n) is 60.8. The van der Waals surface area contributed by atoms with Gasteiger partial charge in [-0.05, 0) is 238 Å². The Balaban J connectivity index is 0.000000275. The minimum Gasteiger partial charge on any atom is -0.482 e.